The lowest BCUT2D eigenvalue weighted by Crippen LogP contribution is -2.55. The Hall–Kier alpha value is -2.38. The molecule has 2 heterocycles. The number of carbonyl (C=O) groups is 2. The first-order valence-corrected chi connectivity index (χ1v) is 10.9. The van der Waals surface area contributed by atoms with Crippen LogP contribution in [0, 0.1) is 0 Å². The minimum absolute atomic E-state index is 0.00841. The quantitative estimate of drug-likeness (QED) is 0.694. The van der Waals surface area contributed by atoms with Crippen LogP contribution in [-0.4, -0.2) is 66.4 Å². The van der Waals surface area contributed by atoms with Gasteiger partial charge in [0, 0.05) is 37.6 Å². The van der Waals surface area contributed by atoms with E-state index in [1.165, 1.54) is 0 Å². The van der Waals surface area contributed by atoms with Crippen molar-refractivity contribution >= 4 is 22.8 Å². The van der Waals surface area contributed by atoms with Crippen molar-refractivity contribution in [2.45, 2.75) is 52.2 Å². The highest BCUT2D eigenvalue weighted by molar-refractivity contribution is 5.82. The molecule has 0 spiro atoms. The van der Waals surface area contributed by atoms with Gasteiger partial charge in [-0.3, -0.25) is 19.4 Å². The molecule has 1 fully saturated rings. The molecule has 2 N–H and O–H groups in total. The number of piperazine rings is 1. The van der Waals surface area contributed by atoms with Gasteiger partial charge in [-0.15, -0.1) is 0 Å². The van der Waals surface area contributed by atoms with E-state index in [4.69, 9.17) is 4.42 Å². The molecule has 7 nitrogen and oxygen atoms in total. The van der Waals surface area contributed by atoms with Crippen molar-refractivity contribution in [1.29, 1.82) is 0 Å². The maximum atomic E-state index is 12.8. The number of amides is 2. The van der Waals surface area contributed by atoms with Crippen LogP contribution in [0.3, 0.4) is 0 Å². The van der Waals surface area contributed by atoms with Crippen LogP contribution in [0.25, 0.3) is 11.0 Å². The summed E-state index contributed by atoms with van der Waals surface area (Å²) in [6.07, 6.45) is 0.929. The third-order valence-corrected chi connectivity index (χ3v) is 5.95. The molecule has 164 valence electrons. The number of para-hydroxylation sites is 1. The van der Waals surface area contributed by atoms with Crippen molar-refractivity contribution in [2.24, 2.45) is 0 Å². The van der Waals surface area contributed by atoms with Gasteiger partial charge in [-0.2, -0.15) is 0 Å². The number of nitrogens with one attached hydrogen (secondary N) is 2. The molecule has 1 aromatic heterocycles. The van der Waals surface area contributed by atoms with E-state index >= 15 is 0 Å². The number of nitrogens with zero attached hydrogens (tertiary/aromatic N) is 2. The van der Waals surface area contributed by atoms with Crippen LogP contribution >= 0.6 is 0 Å². The minimum Gasteiger partial charge on any atom is -0.459 e. The van der Waals surface area contributed by atoms with E-state index in [0.717, 1.165) is 49.3 Å². The van der Waals surface area contributed by atoms with Gasteiger partial charge in [0.15, 0.2) is 0 Å². The second-order valence-corrected chi connectivity index (χ2v) is 8.28. The maximum Gasteiger partial charge on any atom is 0.237 e. The highest BCUT2D eigenvalue weighted by Crippen LogP contribution is 2.23. The molecule has 3 atom stereocenters. The molecule has 7 heteroatoms. The summed E-state index contributed by atoms with van der Waals surface area (Å²) in [5.41, 5.74) is 0.829. The van der Waals surface area contributed by atoms with Crippen LogP contribution < -0.4 is 10.6 Å². The average molecular weight is 415 g/mol. The normalized spacial score (nSPS) is 18.7. The van der Waals surface area contributed by atoms with E-state index in [-0.39, 0.29) is 29.9 Å². The summed E-state index contributed by atoms with van der Waals surface area (Å²) in [5, 5.41) is 7.12. The fraction of sp³-hybridized carbons (Fsp3) is 0.565. The Morgan fingerprint density at radius 3 is 2.43 bits per heavy atom. The van der Waals surface area contributed by atoms with Gasteiger partial charge < -0.3 is 15.1 Å². The van der Waals surface area contributed by atoms with E-state index in [1.54, 1.807) is 0 Å². The minimum atomic E-state index is -0.229. The lowest BCUT2D eigenvalue weighted by Gasteiger charge is -2.37. The molecule has 3 rings (SSSR count). The van der Waals surface area contributed by atoms with Gasteiger partial charge in [-0.1, -0.05) is 25.1 Å². The van der Waals surface area contributed by atoms with E-state index in [0.29, 0.717) is 6.54 Å². The molecule has 1 aromatic carbocycles. The third-order valence-electron chi connectivity index (χ3n) is 5.95. The Bertz CT molecular complexity index is 824. The Morgan fingerprint density at radius 1 is 1.07 bits per heavy atom. The molecule has 2 amide bonds. The summed E-state index contributed by atoms with van der Waals surface area (Å²) in [7, 11) is 0. The van der Waals surface area contributed by atoms with Gasteiger partial charge in [0.1, 0.15) is 11.3 Å². The Labute approximate surface area is 178 Å². The molecule has 1 aliphatic heterocycles. The van der Waals surface area contributed by atoms with Crippen molar-refractivity contribution in [3.63, 3.8) is 0 Å². The SMILES string of the molecule is CCC(C)NC(=O)CN1CCN(C(C)C(=O)NC(C)c2cc3ccccc3o2)CC1. The largest absolute Gasteiger partial charge is 0.459 e. The number of furan rings is 1. The number of fused-ring (bicyclic) bond motifs is 1. The number of hydrogen-bond acceptors (Lipinski definition) is 5. The van der Waals surface area contributed by atoms with Crippen molar-refractivity contribution < 1.29 is 14.0 Å². The lowest BCUT2D eigenvalue weighted by molar-refractivity contribution is -0.128. The predicted molar refractivity (Wildman–Crippen MR) is 118 cm³/mol. The monoisotopic (exact) mass is 414 g/mol. The topological polar surface area (TPSA) is 77.8 Å². The number of rotatable bonds is 8. The predicted octanol–water partition coefficient (Wildman–Crippen LogP) is 2.53. The molecule has 0 bridgehead atoms. The van der Waals surface area contributed by atoms with Gasteiger partial charge in [0.05, 0.1) is 18.6 Å². The molecule has 0 radical (unpaired) electrons. The van der Waals surface area contributed by atoms with Crippen molar-refractivity contribution in [1.82, 2.24) is 20.4 Å². The molecule has 1 aliphatic rings. The zero-order valence-electron chi connectivity index (χ0n) is 18.5. The van der Waals surface area contributed by atoms with Crippen LogP contribution in [0.1, 0.15) is 45.9 Å². The van der Waals surface area contributed by atoms with Crippen LogP contribution in [0.5, 0.6) is 0 Å². The zero-order chi connectivity index (χ0) is 21.7. The molecule has 0 aliphatic carbocycles. The van der Waals surface area contributed by atoms with Crippen molar-refractivity contribution in [2.75, 3.05) is 32.7 Å². The number of benzene rings is 1. The third kappa shape index (κ3) is 5.61. The summed E-state index contributed by atoms with van der Waals surface area (Å²) in [6.45, 7) is 11.5. The van der Waals surface area contributed by atoms with E-state index in [9.17, 15) is 9.59 Å². The van der Waals surface area contributed by atoms with Gasteiger partial charge in [0.25, 0.3) is 0 Å². The first-order valence-electron chi connectivity index (χ1n) is 10.9. The van der Waals surface area contributed by atoms with E-state index < -0.39 is 0 Å². The molecule has 1 saturated heterocycles. The molecule has 0 saturated carbocycles. The molecule has 3 unspecified atom stereocenters. The fourth-order valence-electron chi connectivity index (χ4n) is 3.72. The summed E-state index contributed by atoms with van der Waals surface area (Å²) in [5.74, 6) is 0.822. The van der Waals surface area contributed by atoms with Crippen LogP contribution in [-0.2, 0) is 9.59 Å². The molecule has 2 aromatic rings. The van der Waals surface area contributed by atoms with E-state index in [2.05, 4.69) is 27.4 Å². The first kappa shape index (κ1) is 22.3. The summed E-state index contributed by atoms with van der Waals surface area (Å²) in [4.78, 5) is 29.2. The molecule has 30 heavy (non-hydrogen) atoms. The molecular weight excluding hydrogens is 380 g/mol. The Morgan fingerprint density at radius 2 is 1.77 bits per heavy atom. The summed E-state index contributed by atoms with van der Waals surface area (Å²) in [6, 6.07) is 9.60. The van der Waals surface area contributed by atoms with Gasteiger partial charge in [0.2, 0.25) is 11.8 Å². The second kappa shape index (κ2) is 10.1. The van der Waals surface area contributed by atoms with Crippen LogP contribution in [0.2, 0.25) is 0 Å². The summed E-state index contributed by atoms with van der Waals surface area (Å²) < 4.78 is 5.87. The highest BCUT2D eigenvalue weighted by Gasteiger charge is 2.27. The number of hydrogen-bond donors (Lipinski definition) is 2. The standard InChI is InChI=1S/C23H34N4O3/c1-5-16(2)24-22(28)15-26-10-12-27(13-11-26)18(4)23(29)25-17(3)21-14-19-8-6-7-9-20(19)30-21/h6-9,14,16-18H,5,10-13,15H2,1-4H3,(H,24,28)(H,25,29). The Balaban J connectivity index is 1.46. The molecular formula is C23H34N4O3. The Kier molecular flexibility index (Phi) is 7.50. The second-order valence-electron chi connectivity index (χ2n) is 8.28. The van der Waals surface area contributed by atoms with E-state index in [1.807, 2.05) is 51.1 Å². The summed E-state index contributed by atoms with van der Waals surface area (Å²) >= 11 is 0. The van der Waals surface area contributed by atoms with Crippen molar-refractivity contribution in [3.05, 3.63) is 36.1 Å². The van der Waals surface area contributed by atoms with Gasteiger partial charge >= 0.3 is 0 Å². The van der Waals surface area contributed by atoms with Crippen molar-refractivity contribution in [3.8, 4) is 0 Å². The zero-order valence-corrected chi connectivity index (χ0v) is 18.5. The fourth-order valence-corrected chi connectivity index (χ4v) is 3.72. The van der Waals surface area contributed by atoms with Gasteiger partial charge in [-0.25, -0.2) is 0 Å². The highest BCUT2D eigenvalue weighted by atomic mass is 16.3. The maximum absolute atomic E-state index is 12.8. The first-order chi connectivity index (χ1) is 14.4. The number of carbonyl (C=O) groups excluding carboxylic acids is 2. The lowest BCUT2D eigenvalue weighted by atomic mass is 10.1. The smallest absolute Gasteiger partial charge is 0.237 e. The van der Waals surface area contributed by atoms with Crippen LogP contribution in [0.15, 0.2) is 34.7 Å². The van der Waals surface area contributed by atoms with Gasteiger partial charge in [-0.05, 0) is 39.3 Å². The van der Waals surface area contributed by atoms with Crippen LogP contribution in [0.4, 0.5) is 0 Å². The average Bonchev–Trinajstić information content (AvgIpc) is 3.18.